The third-order valence-electron chi connectivity index (χ3n) is 2.19. The number of rotatable bonds is 5. The minimum absolute atomic E-state index is 0.231. The lowest BCUT2D eigenvalue weighted by atomic mass is 10.1. The van der Waals surface area contributed by atoms with E-state index in [1.54, 1.807) is 18.2 Å². The Morgan fingerprint density at radius 3 is 2.71 bits per heavy atom. The minimum Gasteiger partial charge on any atom is -0.366 e. The molecule has 3 N–H and O–H groups in total. The number of nitrogens with two attached hydrogens (primary N) is 1. The monoisotopic (exact) mass is 230 g/mol. The number of primary amides is 1. The smallest absolute Gasteiger partial charge is 0.251 e. The van der Waals surface area contributed by atoms with Gasteiger partial charge in [0.05, 0.1) is 0 Å². The Bertz CT molecular complexity index is 461. The molecule has 0 radical (unpaired) electrons. The Labute approximate surface area is 100 Å². The zero-order valence-electron chi connectivity index (χ0n) is 9.40. The van der Waals surface area contributed by atoms with Gasteiger partial charge in [-0.1, -0.05) is 6.07 Å². The van der Waals surface area contributed by atoms with Gasteiger partial charge in [0.1, 0.15) is 0 Å². The highest BCUT2D eigenvalue weighted by atomic mass is 16.2. The molecule has 4 heteroatoms. The Balaban J connectivity index is 2.60. The van der Waals surface area contributed by atoms with E-state index < -0.39 is 5.91 Å². The number of nitrogens with one attached hydrogen (secondary N) is 1. The molecule has 1 aromatic rings. The summed E-state index contributed by atoms with van der Waals surface area (Å²) in [5, 5.41) is 2.71. The average molecular weight is 230 g/mol. The van der Waals surface area contributed by atoms with Crippen molar-refractivity contribution >= 4 is 11.8 Å². The summed E-state index contributed by atoms with van der Waals surface area (Å²) in [5.41, 5.74) is 5.87. The van der Waals surface area contributed by atoms with E-state index in [1.807, 2.05) is 0 Å². The van der Waals surface area contributed by atoms with E-state index in [9.17, 15) is 9.59 Å². The Kier molecular flexibility index (Phi) is 4.77. The van der Waals surface area contributed by atoms with Gasteiger partial charge in [0.25, 0.3) is 5.91 Å². The second-order valence-corrected chi connectivity index (χ2v) is 3.51. The van der Waals surface area contributed by atoms with Crippen LogP contribution in [0.25, 0.3) is 0 Å². The molecular weight excluding hydrogens is 216 g/mol. The normalized spacial score (nSPS) is 9.35. The van der Waals surface area contributed by atoms with Crippen molar-refractivity contribution < 1.29 is 9.59 Å². The number of hydrogen-bond acceptors (Lipinski definition) is 2. The fourth-order valence-corrected chi connectivity index (χ4v) is 1.31. The average Bonchev–Trinajstić information content (AvgIpc) is 2.34. The Hall–Kier alpha value is -2.28. The highest BCUT2D eigenvalue weighted by Gasteiger charge is 2.07. The summed E-state index contributed by atoms with van der Waals surface area (Å²) in [7, 11) is 0. The molecule has 0 aromatic heterocycles. The molecule has 0 aliphatic heterocycles. The molecule has 1 rings (SSSR count). The molecule has 17 heavy (non-hydrogen) atoms. The maximum Gasteiger partial charge on any atom is 0.251 e. The van der Waals surface area contributed by atoms with Crippen LogP contribution in [-0.2, 0) is 0 Å². The van der Waals surface area contributed by atoms with E-state index in [0.29, 0.717) is 24.1 Å². The molecule has 0 aliphatic rings. The van der Waals surface area contributed by atoms with Crippen molar-refractivity contribution in [2.24, 2.45) is 5.73 Å². The molecule has 88 valence electrons. The van der Waals surface area contributed by atoms with Crippen LogP contribution >= 0.6 is 0 Å². The first kappa shape index (κ1) is 12.8. The SMILES string of the molecule is C#CCCCNC(=O)c1cccc(C(N)=O)c1. The van der Waals surface area contributed by atoms with Crippen molar-refractivity contribution in [3.8, 4) is 12.3 Å². The highest BCUT2D eigenvalue weighted by Crippen LogP contribution is 2.04. The highest BCUT2D eigenvalue weighted by molar-refractivity contribution is 5.99. The van der Waals surface area contributed by atoms with Crippen LogP contribution in [0.5, 0.6) is 0 Å². The lowest BCUT2D eigenvalue weighted by molar-refractivity contribution is 0.0953. The molecule has 0 saturated carbocycles. The molecular formula is C13H14N2O2. The summed E-state index contributed by atoms with van der Waals surface area (Å²) in [5.74, 6) is 1.71. The molecule has 0 saturated heterocycles. The second-order valence-electron chi connectivity index (χ2n) is 3.51. The van der Waals surface area contributed by atoms with Gasteiger partial charge in [0, 0.05) is 24.1 Å². The van der Waals surface area contributed by atoms with Gasteiger partial charge in [-0.05, 0) is 24.6 Å². The standard InChI is InChI=1S/C13H14N2O2/c1-2-3-4-8-15-13(17)11-7-5-6-10(9-11)12(14)16/h1,5-7,9H,3-4,8H2,(H2,14,16)(H,15,17). The van der Waals surface area contributed by atoms with Crippen LogP contribution in [0.2, 0.25) is 0 Å². The van der Waals surface area contributed by atoms with Crippen LogP contribution in [0.15, 0.2) is 24.3 Å². The van der Waals surface area contributed by atoms with Crippen molar-refractivity contribution in [3.05, 3.63) is 35.4 Å². The first-order chi connectivity index (χ1) is 8.15. The van der Waals surface area contributed by atoms with Gasteiger partial charge < -0.3 is 11.1 Å². The van der Waals surface area contributed by atoms with Gasteiger partial charge in [-0.3, -0.25) is 9.59 Å². The van der Waals surface area contributed by atoms with E-state index in [0.717, 1.165) is 6.42 Å². The van der Waals surface area contributed by atoms with E-state index in [-0.39, 0.29) is 5.91 Å². The topological polar surface area (TPSA) is 72.2 Å². The molecule has 4 nitrogen and oxygen atoms in total. The molecule has 0 atom stereocenters. The molecule has 1 aromatic carbocycles. The van der Waals surface area contributed by atoms with Crippen molar-refractivity contribution in [3.63, 3.8) is 0 Å². The van der Waals surface area contributed by atoms with Gasteiger partial charge >= 0.3 is 0 Å². The predicted molar refractivity (Wildman–Crippen MR) is 65.4 cm³/mol. The number of carbonyl (C=O) groups is 2. The van der Waals surface area contributed by atoms with Crippen molar-refractivity contribution in [1.82, 2.24) is 5.32 Å². The predicted octanol–water partition coefficient (Wildman–Crippen LogP) is 0.929. The third-order valence-corrected chi connectivity index (χ3v) is 2.19. The van der Waals surface area contributed by atoms with E-state index in [4.69, 9.17) is 12.2 Å². The maximum absolute atomic E-state index is 11.7. The van der Waals surface area contributed by atoms with Crippen molar-refractivity contribution in [2.75, 3.05) is 6.54 Å². The molecule has 0 aliphatic carbocycles. The lowest BCUT2D eigenvalue weighted by Crippen LogP contribution is -2.24. The minimum atomic E-state index is -0.549. The van der Waals surface area contributed by atoms with Crippen LogP contribution in [-0.4, -0.2) is 18.4 Å². The van der Waals surface area contributed by atoms with Gasteiger partial charge in [-0.15, -0.1) is 12.3 Å². The summed E-state index contributed by atoms with van der Waals surface area (Å²) in [6.45, 7) is 0.518. The van der Waals surface area contributed by atoms with E-state index in [1.165, 1.54) is 6.07 Å². The summed E-state index contributed by atoms with van der Waals surface area (Å²) in [6.07, 6.45) is 6.46. The van der Waals surface area contributed by atoms with Crippen LogP contribution in [0.1, 0.15) is 33.6 Å². The fraction of sp³-hybridized carbons (Fsp3) is 0.231. The lowest BCUT2D eigenvalue weighted by Gasteiger charge is -2.04. The number of hydrogen-bond donors (Lipinski definition) is 2. The van der Waals surface area contributed by atoms with Crippen LogP contribution in [0.4, 0.5) is 0 Å². The molecule has 0 bridgehead atoms. The van der Waals surface area contributed by atoms with Crippen LogP contribution < -0.4 is 11.1 Å². The summed E-state index contributed by atoms with van der Waals surface area (Å²) in [6, 6.07) is 6.29. The summed E-state index contributed by atoms with van der Waals surface area (Å²) < 4.78 is 0. The molecule has 0 unspecified atom stereocenters. The molecule has 0 spiro atoms. The van der Waals surface area contributed by atoms with Gasteiger partial charge in [0.15, 0.2) is 0 Å². The quantitative estimate of drug-likeness (QED) is 0.583. The number of carbonyl (C=O) groups excluding carboxylic acids is 2. The number of amides is 2. The zero-order chi connectivity index (χ0) is 12.7. The van der Waals surface area contributed by atoms with Gasteiger partial charge in [-0.25, -0.2) is 0 Å². The summed E-state index contributed by atoms with van der Waals surface area (Å²) in [4.78, 5) is 22.6. The molecule has 0 fully saturated rings. The van der Waals surface area contributed by atoms with E-state index in [2.05, 4.69) is 11.2 Å². The van der Waals surface area contributed by atoms with Crippen molar-refractivity contribution in [1.29, 1.82) is 0 Å². The summed E-state index contributed by atoms with van der Waals surface area (Å²) >= 11 is 0. The van der Waals surface area contributed by atoms with Crippen LogP contribution in [0, 0.1) is 12.3 Å². The van der Waals surface area contributed by atoms with Crippen LogP contribution in [0.3, 0.4) is 0 Å². The van der Waals surface area contributed by atoms with Gasteiger partial charge in [0.2, 0.25) is 5.91 Å². The van der Waals surface area contributed by atoms with Crippen molar-refractivity contribution in [2.45, 2.75) is 12.8 Å². The number of benzene rings is 1. The largest absolute Gasteiger partial charge is 0.366 e. The Morgan fingerprint density at radius 2 is 2.06 bits per heavy atom. The maximum atomic E-state index is 11.7. The number of terminal acetylenes is 1. The second kappa shape index (κ2) is 6.33. The molecule has 0 heterocycles. The third kappa shape index (κ3) is 3.99. The zero-order valence-corrected chi connectivity index (χ0v) is 9.40. The first-order valence-electron chi connectivity index (χ1n) is 5.26. The number of unbranched alkanes of at least 4 members (excludes halogenated alkanes) is 1. The fourth-order valence-electron chi connectivity index (χ4n) is 1.31. The van der Waals surface area contributed by atoms with E-state index >= 15 is 0 Å². The van der Waals surface area contributed by atoms with Gasteiger partial charge in [-0.2, -0.15) is 0 Å². The Morgan fingerprint density at radius 1 is 1.35 bits per heavy atom. The first-order valence-corrected chi connectivity index (χ1v) is 5.26. The molecule has 2 amide bonds.